The molecule has 116 valence electrons. The molecule has 0 aliphatic rings. The van der Waals surface area contributed by atoms with Gasteiger partial charge in [-0.15, -0.1) is 0 Å². The van der Waals surface area contributed by atoms with Crippen LogP contribution >= 0.6 is 0 Å². The van der Waals surface area contributed by atoms with Gasteiger partial charge in [0.15, 0.2) is 11.3 Å². The van der Waals surface area contributed by atoms with Crippen LogP contribution in [0.3, 0.4) is 0 Å². The normalized spacial score (nSPS) is 11.4. The van der Waals surface area contributed by atoms with Crippen molar-refractivity contribution in [1.82, 2.24) is 4.57 Å². The predicted octanol–water partition coefficient (Wildman–Crippen LogP) is 3.46. The molecule has 2 aromatic heterocycles. The molecule has 4 rings (SSSR count). The van der Waals surface area contributed by atoms with Gasteiger partial charge in [-0.3, -0.25) is 4.79 Å². The lowest BCUT2D eigenvalue weighted by Gasteiger charge is -2.16. The second-order valence-electron chi connectivity index (χ2n) is 5.36. The minimum Gasteiger partial charge on any atom is -0.492 e. The molecule has 0 radical (unpaired) electrons. The van der Waals surface area contributed by atoms with Crippen molar-refractivity contribution in [2.24, 2.45) is 7.05 Å². The van der Waals surface area contributed by atoms with Crippen LogP contribution in [0.5, 0.6) is 11.5 Å². The highest BCUT2D eigenvalue weighted by atomic mass is 16.5. The average Bonchev–Trinajstić information content (AvgIpc) is 3.06. The lowest BCUT2D eigenvalue weighted by atomic mass is 10.1. The van der Waals surface area contributed by atoms with Gasteiger partial charge in [0.1, 0.15) is 0 Å². The van der Waals surface area contributed by atoms with Crippen LogP contribution in [-0.4, -0.2) is 18.8 Å². The summed E-state index contributed by atoms with van der Waals surface area (Å²) in [7, 11) is 5.00. The fourth-order valence-electron chi connectivity index (χ4n) is 3.28. The second kappa shape index (κ2) is 4.78. The number of pyridine rings is 1. The summed E-state index contributed by atoms with van der Waals surface area (Å²) in [5.74, 6) is 0.837. The van der Waals surface area contributed by atoms with Crippen molar-refractivity contribution >= 4 is 32.8 Å². The zero-order chi connectivity index (χ0) is 16.1. The third kappa shape index (κ3) is 1.64. The van der Waals surface area contributed by atoms with E-state index in [9.17, 15) is 4.79 Å². The highest BCUT2D eigenvalue weighted by molar-refractivity contribution is 6.13. The smallest absolute Gasteiger partial charge is 0.205 e. The molecule has 5 nitrogen and oxygen atoms in total. The average molecular weight is 309 g/mol. The number of aromatic nitrogens is 1. The molecule has 0 N–H and O–H groups in total. The van der Waals surface area contributed by atoms with Crippen LogP contribution in [0.4, 0.5) is 0 Å². The van der Waals surface area contributed by atoms with Crippen LogP contribution in [0.25, 0.3) is 32.8 Å². The maximum atomic E-state index is 13.1. The van der Waals surface area contributed by atoms with Gasteiger partial charge in [-0.05, 0) is 18.2 Å². The first kappa shape index (κ1) is 13.7. The fourth-order valence-corrected chi connectivity index (χ4v) is 3.28. The van der Waals surface area contributed by atoms with Gasteiger partial charge in [-0.1, -0.05) is 12.1 Å². The van der Waals surface area contributed by atoms with Crippen LogP contribution in [0, 0.1) is 0 Å². The lowest BCUT2D eigenvalue weighted by molar-refractivity contribution is 0.356. The number of hydrogen-bond acceptors (Lipinski definition) is 4. The summed E-state index contributed by atoms with van der Waals surface area (Å²) in [5.41, 5.74) is 2.13. The quantitative estimate of drug-likeness (QED) is 0.532. The molecular weight excluding hydrogens is 294 g/mol. The molecule has 0 spiro atoms. The van der Waals surface area contributed by atoms with Crippen molar-refractivity contribution in [3.8, 4) is 11.5 Å². The van der Waals surface area contributed by atoms with E-state index in [1.807, 2.05) is 41.9 Å². The Morgan fingerprint density at radius 1 is 1.00 bits per heavy atom. The zero-order valence-electron chi connectivity index (χ0n) is 13.0. The van der Waals surface area contributed by atoms with E-state index in [0.29, 0.717) is 27.9 Å². The number of fused-ring (bicyclic) bond motifs is 4. The molecule has 0 aliphatic heterocycles. The summed E-state index contributed by atoms with van der Waals surface area (Å²) in [6.45, 7) is 0. The van der Waals surface area contributed by atoms with Gasteiger partial charge in [0.05, 0.1) is 36.9 Å². The van der Waals surface area contributed by atoms with Gasteiger partial charge in [0.2, 0.25) is 11.2 Å². The summed E-state index contributed by atoms with van der Waals surface area (Å²) in [4.78, 5) is 13.1. The Bertz CT molecular complexity index is 1120. The minimum absolute atomic E-state index is 0.0769. The number of benzene rings is 2. The SMILES string of the molecule is COc1c(OC)c2c(=O)c3ccccc3n(C)c2c2ccoc12. The lowest BCUT2D eigenvalue weighted by Crippen LogP contribution is -2.11. The Hall–Kier alpha value is -2.95. The Morgan fingerprint density at radius 3 is 2.48 bits per heavy atom. The van der Waals surface area contributed by atoms with Crippen LogP contribution in [0.2, 0.25) is 0 Å². The van der Waals surface area contributed by atoms with Gasteiger partial charge in [-0.2, -0.15) is 0 Å². The molecule has 0 aliphatic carbocycles. The van der Waals surface area contributed by atoms with Crippen LogP contribution in [-0.2, 0) is 7.05 Å². The summed E-state index contributed by atoms with van der Waals surface area (Å²) >= 11 is 0. The Balaban J connectivity index is 2.44. The van der Waals surface area contributed by atoms with E-state index >= 15 is 0 Å². The van der Waals surface area contributed by atoms with Gasteiger partial charge in [0, 0.05) is 17.8 Å². The fraction of sp³-hybridized carbons (Fsp3) is 0.167. The van der Waals surface area contributed by atoms with Gasteiger partial charge < -0.3 is 18.5 Å². The number of aryl methyl sites for hydroxylation is 1. The van der Waals surface area contributed by atoms with Crippen molar-refractivity contribution in [1.29, 1.82) is 0 Å². The first-order valence-corrected chi connectivity index (χ1v) is 7.21. The zero-order valence-corrected chi connectivity index (χ0v) is 13.0. The highest BCUT2D eigenvalue weighted by Gasteiger charge is 2.23. The number of furan rings is 1. The number of para-hydroxylation sites is 1. The number of rotatable bonds is 2. The highest BCUT2D eigenvalue weighted by Crippen LogP contribution is 2.43. The van der Waals surface area contributed by atoms with Crippen molar-refractivity contribution in [2.75, 3.05) is 14.2 Å². The van der Waals surface area contributed by atoms with Crippen molar-refractivity contribution in [3.63, 3.8) is 0 Å². The maximum Gasteiger partial charge on any atom is 0.205 e. The molecule has 0 bridgehead atoms. The number of hydrogen-bond donors (Lipinski definition) is 0. The second-order valence-corrected chi connectivity index (χ2v) is 5.36. The van der Waals surface area contributed by atoms with Crippen molar-refractivity contribution < 1.29 is 13.9 Å². The van der Waals surface area contributed by atoms with E-state index in [1.54, 1.807) is 6.26 Å². The molecule has 0 amide bonds. The molecule has 0 atom stereocenters. The Labute approximate surface area is 131 Å². The third-order valence-corrected chi connectivity index (χ3v) is 4.28. The molecule has 0 saturated heterocycles. The summed E-state index contributed by atoms with van der Waals surface area (Å²) in [6.07, 6.45) is 1.59. The molecular formula is C18H15NO4. The Kier molecular flexibility index (Phi) is 2.84. The van der Waals surface area contributed by atoms with E-state index in [-0.39, 0.29) is 5.43 Å². The molecule has 5 heteroatoms. The monoisotopic (exact) mass is 309 g/mol. The molecule has 0 saturated carbocycles. The van der Waals surface area contributed by atoms with E-state index in [2.05, 4.69) is 0 Å². The van der Waals surface area contributed by atoms with Gasteiger partial charge in [-0.25, -0.2) is 0 Å². The summed E-state index contributed by atoms with van der Waals surface area (Å²) in [5, 5.41) is 1.97. The van der Waals surface area contributed by atoms with E-state index in [4.69, 9.17) is 13.9 Å². The molecule has 4 aromatic rings. The first-order valence-electron chi connectivity index (χ1n) is 7.21. The number of nitrogens with zero attached hydrogens (tertiary/aromatic N) is 1. The van der Waals surface area contributed by atoms with Crippen LogP contribution < -0.4 is 14.9 Å². The molecule has 0 fully saturated rings. The summed E-state index contributed by atoms with van der Waals surface area (Å²) in [6, 6.07) is 9.37. The van der Waals surface area contributed by atoms with E-state index < -0.39 is 0 Å². The first-order chi connectivity index (χ1) is 11.2. The number of ether oxygens (including phenoxy) is 2. The molecule has 23 heavy (non-hydrogen) atoms. The Morgan fingerprint density at radius 2 is 1.74 bits per heavy atom. The van der Waals surface area contributed by atoms with E-state index in [0.717, 1.165) is 16.4 Å². The molecule has 0 unspecified atom stereocenters. The summed E-state index contributed by atoms with van der Waals surface area (Å²) < 4.78 is 18.5. The van der Waals surface area contributed by atoms with E-state index in [1.165, 1.54) is 14.2 Å². The van der Waals surface area contributed by atoms with Crippen LogP contribution in [0.1, 0.15) is 0 Å². The standard InChI is InChI=1S/C18H15NO4/c1-19-12-7-5-4-6-10(12)15(20)13-14(19)11-8-9-23-16(11)18(22-3)17(13)21-2/h4-9H,1-3H3. The van der Waals surface area contributed by atoms with Gasteiger partial charge in [0.25, 0.3) is 0 Å². The van der Waals surface area contributed by atoms with Crippen molar-refractivity contribution in [3.05, 3.63) is 46.8 Å². The predicted molar refractivity (Wildman–Crippen MR) is 89.6 cm³/mol. The minimum atomic E-state index is -0.0769. The van der Waals surface area contributed by atoms with Crippen molar-refractivity contribution in [2.45, 2.75) is 0 Å². The maximum absolute atomic E-state index is 13.1. The third-order valence-electron chi connectivity index (χ3n) is 4.28. The van der Waals surface area contributed by atoms with Crippen LogP contribution in [0.15, 0.2) is 45.8 Å². The molecule has 2 heterocycles. The largest absolute Gasteiger partial charge is 0.492 e. The molecule has 2 aromatic carbocycles. The van der Waals surface area contributed by atoms with Gasteiger partial charge >= 0.3 is 0 Å². The topological polar surface area (TPSA) is 53.6 Å². The number of methoxy groups -OCH3 is 2.